The Labute approximate surface area is 189 Å². The molecule has 32 heavy (non-hydrogen) atoms. The minimum atomic E-state index is -0.480. The molecule has 0 unspecified atom stereocenters. The molecule has 0 fully saturated rings. The van der Waals surface area contributed by atoms with Crippen LogP contribution in [0.15, 0.2) is 36.5 Å². The number of esters is 1. The van der Waals surface area contributed by atoms with Gasteiger partial charge in [-0.25, -0.2) is 19.4 Å². The number of aryl methyl sites for hydroxylation is 2. The normalized spacial score (nSPS) is 11.2. The lowest BCUT2D eigenvalue weighted by Crippen LogP contribution is -2.13. The van der Waals surface area contributed by atoms with Gasteiger partial charge in [-0.1, -0.05) is 35.6 Å². The van der Waals surface area contributed by atoms with E-state index in [1.165, 1.54) is 7.11 Å². The first kappa shape index (κ1) is 21.6. The number of nitrogens with zero attached hydrogens (tertiary/aromatic N) is 4. The molecule has 9 heteroatoms. The molecule has 164 valence electrons. The molecule has 1 amide bonds. The Hall–Kier alpha value is -3.59. The molecule has 4 aromatic rings. The number of hydrogen-bond acceptors (Lipinski definition) is 7. The van der Waals surface area contributed by atoms with E-state index in [2.05, 4.69) is 15.4 Å². The van der Waals surface area contributed by atoms with Gasteiger partial charge in [0.05, 0.1) is 35.6 Å². The molecule has 1 N–H and O–H groups in total. The number of methoxy groups -OCH3 is 1. The van der Waals surface area contributed by atoms with Crippen LogP contribution in [0.2, 0.25) is 0 Å². The third kappa shape index (κ3) is 3.87. The first-order valence-corrected chi connectivity index (χ1v) is 10.9. The van der Waals surface area contributed by atoms with E-state index in [4.69, 9.17) is 9.72 Å². The quantitative estimate of drug-likeness (QED) is 0.440. The Balaban J connectivity index is 1.81. The number of nitrogens with one attached hydrogen (secondary N) is 1. The molecule has 0 spiro atoms. The number of aromatic nitrogens is 4. The molecule has 0 radical (unpaired) electrons. The number of ether oxygens (including phenoxy) is 1. The van der Waals surface area contributed by atoms with Crippen LogP contribution >= 0.6 is 11.3 Å². The fraction of sp³-hybridized carbons (Fsp3) is 0.261. The maximum atomic E-state index is 13.3. The fourth-order valence-corrected chi connectivity index (χ4v) is 4.36. The van der Waals surface area contributed by atoms with Crippen LogP contribution in [0.25, 0.3) is 22.3 Å². The SMILES string of the molecule is COC(=O)c1sc(NC(=O)c2cc(-c3ccccc3C)nc3c2cnn3C(C)C)nc1C. The molecule has 0 atom stereocenters. The van der Waals surface area contributed by atoms with Crippen molar-refractivity contribution in [1.29, 1.82) is 0 Å². The van der Waals surface area contributed by atoms with Crippen LogP contribution in [0.5, 0.6) is 0 Å². The Kier molecular flexibility index (Phi) is 5.75. The Bertz CT molecular complexity index is 1340. The van der Waals surface area contributed by atoms with Crippen molar-refractivity contribution < 1.29 is 14.3 Å². The number of fused-ring (bicyclic) bond motifs is 1. The van der Waals surface area contributed by atoms with Gasteiger partial charge in [0.2, 0.25) is 0 Å². The zero-order valence-corrected chi connectivity index (χ0v) is 19.3. The summed E-state index contributed by atoms with van der Waals surface area (Å²) >= 11 is 1.08. The molecule has 0 aliphatic rings. The van der Waals surface area contributed by atoms with Gasteiger partial charge in [0.1, 0.15) is 4.88 Å². The van der Waals surface area contributed by atoms with Crippen LogP contribution in [-0.4, -0.2) is 38.7 Å². The van der Waals surface area contributed by atoms with E-state index < -0.39 is 5.97 Å². The Morgan fingerprint density at radius 3 is 2.59 bits per heavy atom. The summed E-state index contributed by atoms with van der Waals surface area (Å²) in [5, 5.41) is 8.25. The number of rotatable bonds is 5. The molecule has 0 saturated heterocycles. The van der Waals surface area contributed by atoms with Crippen molar-refractivity contribution in [3.63, 3.8) is 0 Å². The maximum absolute atomic E-state index is 13.3. The first-order valence-electron chi connectivity index (χ1n) is 10.1. The van der Waals surface area contributed by atoms with E-state index in [0.717, 1.165) is 22.5 Å². The molecule has 0 aliphatic heterocycles. The van der Waals surface area contributed by atoms with Crippen molar-refractivity contribution in [2.75, 3.05) is 12.4 Å². The van der Waals surface area contributed by atoms with Crippen LogP contribution < -0.4 is 5.32 Å². The summed E-state index contributed by atoms with van der Waals surface area (Å²) < 4.78 is 6.58. The molecule has 1 aromatic carbocycles. The summed E-state index contributed by atoms with van der Waals surface area (Å²) in [7, 11) is 1.31. The Morgan fingerprint density at radius 1 is 1.16 bits per heavy atom. The molecule has 4 rings (SSSR count). The second kappa shape index (κ2) is 8.51. The third-order valence-corrected chi connectivity index (χ3v) is 6.16. The van der Waals surface area contributed by atoms with Gasteiger partial charge >= 0.3 is 5.97 Å². The zero-order valence-electron chi connectivity index (χ0n) is 18.5. The highest BCUT2D eigenvalue weighted by atomic mass is 32.1. The summed E-state index contributed by atoms with van der Waals surface area (Å²) in [4.78, 5) is 34.7. The average molecular weight is 450 g/mol. The minimum absolute atomic E-state index is 0.0762. The number of carbonyl (C=O) groups is 2. The summed E-state index contributed by atoms with van der Waals surface area (Å²) in [5.74, 6) is -0.826. The van der Waals surface area contributed by atoms with Gasteiger partial charge in [-0.15, -0.1) is 0 Å². The van der Waals surface area contributed by atoms with Crippen molar-refractivity contribution in [2.45, 2.75) is 33.7 Å². The van der Waals surface area contributed by atoms with E-state index in [9.17, 15) is 9.59 Å². The number of amides is 1. The predicted octanol–water partition coefficient (Wildman–Crippen LogP) is 4.79. The van der Waals surface area contributed by atoms with Gasteiger partial charge in [-0.3, -0.25) is 10.1 Å². The summed E-state index contributed by atoms with van der Waals surface area (Å²) in [6.07, 6.45) is 1.66. The first-order chi connectivity index (χ1) is 15.3. The summed E-state index contributed by atoms with van der Waals surface area (Å²) in [5.41, 5.74) is 4.26. The lowest BCUT2D eigenvalue weighted by molar-refractivity contribution is 0.0605. The standard InChI is InChI=1S/C23H23N5O3S/c1-12(2)28-20-17(11-24-28)16(10-18(26-20)15-9-7-6-8-13(15)3)21(29)27-23-25-14(4)19(32-23)22(30)31-5/h6-12H,1-5H3,(H,25,27,29). The monoisotopic (exact) mass is 449 g/mol. The number of carbonyl (C=O) groups excluding carboxylic acids is 2. The molecular weight excluding hydrogens is 426 g/mol. The minimum Gasteiger partial charge on any atom is -0.465 e. The molecule has 0 bridgehead atoms. The van der Waals surface area contributed by atoms with Gasteiger partial charge in [0.25, 0.3) is 5.91 Å². The van der Waals surface area contributed by atoms with E-state index in [1.807, 2.05) is 45.0 Å². The van der Waals surface area contributed by atoms with Crippen LogP contribution in [0, 0.1) is 13.8 Å². The highest BCUT2D eigenvalue weighted by Gasteiger charge is 2.22. The number of benzene rings is 1. The second-order valence-electron chi connectivity index (χ2n) is 7.67. The van der Waals surface area contributed by atoms with Gasteiger partial charge in [0.15, 0.2) is 10.8 Å². The molecule has 0 aliphatic carbocycles. The molecular formula is C23H23N5O3S. The van der Waals surface area contributed by atoms with Crippen molar-refractivity contribution >= 4 is 39.4 Å². The van der Waals surface area contributed by atoms with Crippen molar-refractivity contribution in [1.82, 2.24) is 19.7 Å². The van der Waals surface area contributed by atoms with E-state index in [0.29, 0.717) is 38.0 Å². The van der Waals surface area contributed by atoms with E-state index in [-0.39, 0.29) is 11.9 Å². The van der Waals surface area contributed by atoms with Crippen LogP contribution in [0.4, 0.5) is 5.13 Å². The van der Waals surface area contributed by atoms with E-state index in [1.54, 1.807) is 23.9 Å². The van der Waals surface area contributed by atoms with Crippen LogP contribution in [0.3, 0.4) is 0 Å². The van der Waals surface area contributed by atoms with Crippen molar-refractivity contribution in [3.8, 4) is 11.3 Å². The van der Waals surface area contributed by atoms with Gasteiger partial charge in [-0.05, 0) is 39.3 Å². The maximum Gasteiger partial charge on any atom is 0.350 e. The molecule has 0 saturated carbocycles. The molecule has 8 nitrogen and oxygen atoms in total. The number of pyridine rings is 1. The van der Waals surface area contributed by atoms with Crippen molar-refractivity contribution in [2.24, 2.45) is 0 Å². The lowest BCUT2D eigenvalue weighted by Gasteiger charge is -2.11. The topological polar surface area (TPSA) is 99.0 Å². The highest BCUT2D eigenvalue weighted by molar-refractivity contribution is 7.17. The second-order valence-corrected chi connectivity index (χ2v) is 8.67. The number of anilines is 1. The largest absolute Gasteiger partial charge is 0.465 e. The highest BCUT2D eigenvalue weighted by Crippen LogP contribution is 2.29. The third-order valence-electron chi connectivity index (χ3n) is 5.11. The number of hydrogen-bond donors (Lipinski definition) is 1. The lowest BCUT2D eigenvalue weighted by atomic mass is 10.0. The fourth-order valence-electron chi connectivity index (χ4n) is 3.48. The van der Waals surface area contributed by atoms with Gasteiger partial charge in [-0.2, -0.15) is 5.10 Å². The summed E-state index contributed by atoms with van der Waals surface area (Å²) in [6, 6.07) is 9.75. The van der Waals surface area contributed by atoms with E-state index >= 15 is 0 Å². The van der Waals surface area contributed by atoms with Crippen LogP contribution in [-0.2, 0) is 4.74 Å². The van der Waals surface area contributed by atoms with Gasteiger partial charge < -0.3 is 4.74 Å². The van der Waals surface area contributed by atoms with Gasteiger partial charge in [0, 0.05) is 11.6 Å². The predicted molar refractivity (Wildman–Crippen MR) is 124 cm³/mol. The number of thiazole rings is 1. The average Bonchev–Trinajstić information content (AvgIpc) is 3.36. The summed E-state index contributed by atoms with van der Waals surface area (Å²) in [6.45, 7) is 7.74. The Morgan fingerprint density at radius 2 is 1.91 bits per heavy atom. The van der Waals surface area contributed by atoms with Crippen LogP contribution in [0.1, 0.15) is 51.2 Å². The molecule has 3 aromatic heterocycles. The zero-order chi connectivity index (χ0) is 23.0. The smallest absolute Gasteiger partial charge is 0.350 e. The molecule has 3 heterocycles. The van der Waals surface area contributed by atoms with Crippen molar-refractivity contribution in [3.05, 3.63) is 58.2 Å².